The average Bonchev–Trinajstić information content (AvgIpc) is 3.38. The lowest BCUT2D eigenvalue weighted by molar-refractivity contribution is -0.145. The van der Waals surface area contributed by atoms with Crippen molar-refractivity contribution >= 4 is 45.1 Å². The summed E-state index contributed by atoms with van der Waals surface area (Å²) in [5.41, 5.74) is 1.67. The largest absolute Gasteiger partial charge is 0.458 e. The van der Waals surface area contributed by atoms with Crippen LogP contribution in [-0.2, 0) is 34.0 Å². The first-order valence-corrected chi connectivity index (χ1v) is 11.6. The first kappa shape index (κ1) is 23.4. The summed E-state index contributed by atoms with van der Waals surface area (Å²) in [6.45, 7) is 3.48. The second kappa shape index (κ2) is 10.0. The lowest BCUT2D eigenvalue weighted by atomic mass is 10.3. The number of imidazole rings is 1. The number of esters is 1. The zero-order chi connectivity index (χ0) is 24.2. The molecule has 0 aliphatic carbocycles. The molecule has 0 bridgehead atoms. The fourth-order valence-corrected chi connectivity index (χ4v) is 4.56. The summed E-state index contributed by atoms with van der Waals surface area (Å²) < 4.78 is 22.6. The van der Waals surface area contributed by atoms with E-state index in [1.165, 1.54) is 34.6 Å². The molecule has 8 nitrogen and oxygen atoms in total. The van der Waals surface area contributed by atoms with Gasteiger partial charge in [-0.2, -0.15) is 0 Å². The van der Waals surface area contributed by atoms with Crippen molar-refractivity contribution in [3.63, 3.8) is 0 Å². The number of benzene rings is 2. The number of ether oxygens (including phenoxy) is 1. The number of amides is 1. The molecule has 10 heteroatoms. The lowest BCUT2D eigenvalue weighted by Gasteiger charge is -2.18. The molecule has 176 valence electrons. The van der Waals surface area contributed by atoms with Crippen LogP contribution in [0.15, 0.2) is 58.7 Å². The summed E-state index contributed by atoms with van der Waals surface area (Å²) in [6.07, 6.45) is 0.786. The van der Waals surface area contributed by atoms with E-state index in [2.05, 4.69) is 4.98 Å². The minimum absolute atomic E-state index is 0.0933. The Morgan fingerprint density at radius 3 is 2.44 bits per heavy atom. The Bertz CT molecular complexity index is 1410. The maximum absolute atomic E-state index is 14.2. The molecule has 0 aliphatic heterocycles. The highest BCUT2D eigenvalue weighted by Gasteiger charge is 2.21. The predicted molar refractivity (Wildman–Crippen MR) is 128 cm³/mol. The molecule has 34 heavy (non-hydrogen) atoms. The number of thiazole rings is 1. The van der Waals surface area contributed by atoms with E-state index in [4.69, 9.17) is 4.74 Å². The number of hydrogen-bond donors (Lipinski definition) is 0. The third-order valence-corrected chi connectivity index (χ3v) is 6.05. The van der Waals surface area contributed by atoms with Crippen LogP contribution in [0.3, 0.4) is 0 Å². The molecule has 4 rings (SSSR count). The van der Waals surface area contributed by atoms with Gasteiger partial charge in [-0.3, -0.25) is 23.6 Å². The van der Waals surface area contributed by atoms with E-state index in [1.54, 1.807) is 22.1 Å². The van der Waals surface area contributed by atoms with Gasteiger partial charge in [0.15, 0.2) is 5.13 Å². The first-order valence-electron chi connectivity index (χ1n) is 10.7. The molecule has 2 aromatic heterocycles. The number of hydrogen-bond acceptors (Lipinski definition) is 6. The normalized spacial score (nSPS) is 11.0. The second-order valence-corrected chi connectivity index (χ2v) is 8.43. The van der Waals surface area contributed by atoms with Crippen LogP contribution in [-0.4, -0.2) is 26.0 Å². The van der Waals surface area contributed by atoms with Crippen LogP contribution < -0.4 is 10.6 Å². The maximum Gasteiger partial charge on any atom is 0.329 e. The van der Waals surface area contributed by atoms with Gasteiger partial charge in [0, 0.05) is 18.8 Å². The van der Waals surface area contributed by atoms with Gasteiger partial charge in [-0.15, -0.1) is 11.3 Å². The number of fused-ring (bicyclic) bond motifs is 1. The predicted octanol–water partition coefficient (Wildman–Crippen LogP) is 4.24. The van der Waals surface area contributed by atoms with Crippen LogP contribution in [0.4, 0.5) is 15.2 Å². The summed E-state index contributed by atoms with van der Waals surface area (Å²) >= 11 is 1.14. The molecule has 0 N–H and O–H groups in total. The van der Waals surface area contributed by atoms with Crippen molar-refractivity contribution in [2.45, 2.75) is 40.0 Å². The number of carbonyl (C=O) groups is 2. The van der Waals surface area contributed by atoms with Crippen LogP contribution in [0.2, 0.25) is 0 Å². The van der Waals surface area contributed by atoms with Crippen molar-refractivity contribution < 1.29 is 18.7 Å². The Morgan fingerprint density at radius 1 is 1.09 bits per heavy atom. The number of aromatic nitrogens is 3. The Labute approximate surface area is 198 Å². The van der Waals surface area contributed by atoms with Gasteiger partial charge in [-0.05, 0) is 30.7 Å². The second-order valence-electron chi connectivity index (χ2n) is 7.60. The first-order chi connectivity index (χ1) is 16.4. The molecule has 0 unspecified atom stereocenters. The van der Waals surface area contributed by atoms with Gasteiger partial charge < -0.3 is 4.74 Å². The van der Waals surface area contributed by atoms with Crippen LogP contribution in [0.1, 0.15) is 26.0 Å². The summed E-state index contributed by atoms with van der Waals surface area (Å²) in [7, 11) is 0. The third-order valence-electron chi connectivity index (χ3n) is 5.18. The monoisotopic (exact) mass is 482 g/mol. The highest BCUT2D eigenvalue weighted by molar-refractivity contribution is 7.14. The van der Waals surface area contributed by atoms with E-state index in [0.29, 0.717) is 17.8 Å². The van der Waals surface area contributed by atoms with Gasteiger partial charge in [0.2, 0.25) is 5.91 Å². The van der Waals surface area contributed by atoms with E-state index in [0.717, 1.165) is 23.3 Å². The van der Waals surface area contributed by atoms with Crippen LogP contribution in [0.5, 0.6) is 0 Å². The molecule has 0 spiro atoms. The molecular formula is C24H23FN4O4S. The van der Waals surface area contributed by atoms with E-state index in [-0.39, 0.29) is 29.7 Å². The molecule has 0 radical (unpaired) electrons. The van der Waals surface area contributed by atoms with Crippen molar-refractivity contribution in [1.29, 1.82) is 0 Å². The topological polar surface area (TPSA) is 86.4 Å². The molecule has 1 amide bonds. The number of rotatable bonds is 8. The van der Waals surface area contributed by atoms with Crippen molar-refractivity contribution in [2.24, 2.45) is 0 Å². The number of para-hydroxylation sites is 3. The van der Waals surface area contributed by atoms with E-state index >= 15 is 0 Å². The summed E-state index contributed by atoms with van der Waals surface area (Å²) in [6, 6.07) is 13.2. The summed E-state index contributed by atoms with van der Waals surface area (Å²) in [4.78, 5) is 43.0. The summed E-state index contributed by atoms with van der Waals surface area (Å²) in [5.74, 6) is -1.53. The smallest absolute Gasteiger partial charge is 0.329 e. The summed E-state index contributed by atoms with van der Waals surface area (Å²) in [5, 5.41) is 1.90. The Kier molecular flexibility index (Phi) is 6.87. The maximum atomic E-state index is 14.2. The molecule has 4 aromatic rings. The van der Waals surface area contributed by atoms with Crippen LogP contribution in [0, 0.1) is 5.82 Å². The van der Waals surface area contributed by atoms with Crippen molar-refractivity contribution in [3.8, 4) is 0 Å². The van der Waals surface area contributed by atoms with E-state index in [1.807, 2.05) is 25.1 Å². The van der Waals surface area contributed by atoms with Crippen LogP contribution in [0.25, 0.3) is 11.0 Å². The number of aryl methyl sites for hydroxylation is 1. The third kappa shape index (κ3) is 4.62. The molecular weight excluding hydrogens is 459 g/mol. The fraction of sp³-hybridized carbons (Fsp3) is 0.250. The molecule has 0 aliphatic rings. The quantitative estimate of drug-likeness (QED) is 0.351. The van der Waals surface area contributed by atoms with E-state index < -0.39 is 17.7 Å². The van der Waals surface area contributed by atoms with Gasteiger partial charge in [0.1, 0.15) is 19.0 Å². The van der Waals surface area contributed by atoms with E-state index in [9.17, 15) is 18.8 Å². The van der Waals surface area contributed by atoms with Crippen molar-refractivity contribution in [1.82, 2.24) is 14.1 Å². The van der Waals surface area contributed by atoms with Gasteiger partial charge in [-0.25, -0.2) is 14.2 Å². The van der Waals surface area contributed by atoms with Gasteiger partial charge in [0.25, 0.3) is 0 Å². The van der Waals surface area contributed by atoms with Gasteiger partial charge in [0.05, 0.1) is 22.4 Å². The highest BCUT2D eigenvalue weighted by atomic mass is 32.1. The zero-order valence-corrected chi connectivity index (χ0v) is 19.5. The molecule has 0 saturated carbocycles. The Balaban J connectivity index is 1.48. The Hall–Kier alpha value is -3.79. The van der Waals surface area contributed by atoms with Crippen LogP contribution >= 0.6 is 11.3 Å². The minimum atomic E-state index is -0.589. The number of halogens is 1. The average molecular weight is 483 g/mol. The molecule has 0 saturated heterocycles. The molecule has 2 aromatic carbocycles. The van der Waals surface area contributed by atoms with Gasteiger partial charge >= 0.3 is 11.7 Å². The van der Waals surface area contributed by atoms with Crippen molar-refractivity contribution in [3.05, 3.63) is 75.9 Å². The minimum Gasteiger partial charge on any atom is -0.458 e. The SMILES string of the molecule is CCCn1c(=O)n(CC(=O)OCc2csc(N(C(C)=O)c3ccccc3F)n2)c2ccccc21. The lowest BCUT2D eigenvalue weighted by Crippen LogP contribution is -2.27. The fourth-order valence-electron chi connectivity index (χ4n) is 3.70. The highest BCUT2D eigenvalue weighted by Crippen LogP contribution is 2.30. The van der Waals surface area contributed by atoms with Crippen molar-refractivity contribution in [2.75, 3.05) is 4.90 Å². The molecule has 2 heterocycles. The standard InChI is InChI=1S/C24H23FN4O4S/c1-3-12-27-20-10-6-7-11-21(20)28(24(27)32)13-22(31)33-14-17-15-34-23(26-17)29(16(2)30)19-9-5-4-8-18(19)25/h4-11,15H,3,12-14H2,1-2H3. The zero-order valence-electron chi connectivity index (χ0n) is 18.7. The number of anilines is 2. The number of carbonyl (C=O) groups excluding carboxylic acids is 2. The van der Waals surface area contributed by atoms with Gasteiger partial charge in [-0.1, -0.05) is 31.2 Å². The Morgan fingerprint density at radius 2 is 1.76 bits per heavy atom. The molecule has 0 fully saturated rings. The molecule has 0 atom stereocenters. The number of nitrogens with zero attached hydrogens (tertiary/aromatic N) is 4.